The summed E-state index contributed by atoms with van der Waals surface area (Å²) in [5.74, 6) is 1.74. The summed E-state index contributed by atoms with van der Waals surface area (Å²) in [6.07, 6.45) is 2.11. The minimum absolute atomic E-state index is 0.107. The maximum absolute atomic E-state index is 12.0. The van der Waals surface area contributed by atoms with E-state index in [1.54, 1.807) is 0 Å². The van der Waals surface area contributed by atoms with Crippen molar-refractivity contribution in [3.05, 3.63) is 23.3 Å². The Labute approximate surface area is 140 Å². The highest BCUT2D eigenvalue weighted by atomic mass is 16.5. The highest BCUT2D eigenvalue weighted by Gasteiger charge is 2.42. The van der Waals surface area contributed by atoms with Crippen molar-refractivity contribution in [1.82, 2.24) is 0 Å². The minimum Gasteiger partial charge on any atom is -0.487 e. The Kier molecular flexibility index (Phi) is 4.79. The van der Waals surface area contributed by atoms with E-state index in [0.717, 1.165) is 24.2 Å². The Morgan fingerprint density at radius 2 is 1.91 bits per heavy atom. The van der Waals surface area contributed by atoms with Gasteiger partial charge in [0.05, 0.1) is 0 Å². The fourth-order valence-electron chi connectivity index (χ4n) is 3.71. The Balaban J connectivity index is 2.59. The Morgan fingerprint density at radius 3 is 2.48 bits per heavy atom. The predicted octanol–water partition coefficient (Wildman–Crippen LogP) is 5.35. The minimum atomic E-state index is -0.230. The van der Waals surface area contributed by atoms with E-state index in [9.17, 15) is 4.79 Å². The van der Waals surface area contributed by atoms with Crippen LogP contribution in [-0.2, 0) is 10.2 Å². The van der Waals surface area contributed by atoms with Crippen molar-refractivity contribution < 1.29 is 14.3 Å². The molecule has 0 aliphatic carbocycles. The molecule has 0 bridgehead atoms. The van der Waals surface area contributed by atoms with E-state index in [-0.39, 0.29) is 17.0 Å². The quantitative estimate of drug-likeness (QED) is 0.554. The van der Waals surface area contributed by atoms with Crippen molar-refractivity contribution in [3.8, 4) is 11.5 Å². The van der Waals surface area contributed by atoms with Crippen LogP contribution in [0.25, 0.3) is 0 Å². The van der Waals surface area contributed by atoms with E-state index in [1.165, 1.54) is 5.56 Å². The number of carbonyl (C=O) groups excluding carboxylic acids is 1. The Hall–Kier alpha value is -1.51. The molecule has 23 heavy (non-hydrogen) atoms. The number of carbonyl (C=O) groups is 1. The summed E-state index contributed by atoms with van der Waals surface area (Å²) in [6, 6.07) is 3.97. The highest BCUT2D eigenvalue weighted by Crippen LogP contribution is 2.51. The number of hydrogen-bond acceptors (Lipinski definition) is 3. The smallest absolute Gasteiger partial charge is 0.311 e. The van der Waals surface area contributed by atoms with Gasteiger partial charge < -0.3 is 9.47 Å². The second-order valence-corrected chi connectivity index (χ2v) is 8.16. The molecule has 0 N–H and O–H groups in total. The van der Waals surface area contributed by atoms with Crippen molar-refractivity contribution in [2.75, 3.05) is 0 Å². The van der Waals surface area contributed by atoms with Crippen LogP contribution >= 0.6 is 0 Å². The van der Waals surface area contributed by atoms with E-state index in [0.29, 0.717) is 18.1 Å². The molecule has 2 rings (SSSR count). The van der Waals surface area contributed by atoms with E-state index >= 15 is 0 Å². The van der Waals surface area contributed by atoms with E-state index < -0.39 is 0 Å². The van der Waals surface area contributed by atoms with Gasteiger partial charge in [0.25, 0.3) is 0 Å². The lowest BCUT2D eigenvalue weighted by Crippen LogP contribution is -2.42. The molecule has 0 radical (unpaired) electrons. The summed E-state index contributed by atoms with van der Waals surface area (Å²) in [6.45, 7) is 15.0. The number of ether oxygens (including phenoxy) is 2. The van der Waals surface area contributed by atoms with Gasteiger partial charge in [0.1, 0.15) is 17.1 Å². The summed E-state index contributed by atoms with van der Waals surface area (Å²) >= 11 is 0. The zero-order chi connectivity index (χ0) is 17.4. The average Bonchev–Trinajstić information content (AvgIpc) is 2.35. The molecular weight excluding hydrogens is 288 g/mol. The van der Waals surface area contributed by atoms with Crippen molar-refractivity contribution in [2.45, 2.75) is 84.7 Å². The molecule has 0 spiro atoms. The molecule has 0 fully saturated rings. The normalized spacial score (nSPS) is 18.3. The third kappa shape index (κ3) is 3.70. The molecule has 0 aromatic heterocycles. The first-order valence-electron chi connectivity index (χ1n) is 8.64. The van der Waals surface area contributed by atoms with Crippen LogP contribution in [0, 0.1) is 0 Å². The maximum atomic E-state index is 12.0. The molecule has 1 aliphatic heterocycles. The van der Waals surface area contributed by atoms with Gasteiger partial charge in [-0.05, 0) is 44.2 Å². The van der Waals surface area contributed by atoms with Gasteiger partial charge in [-0.2, -0.15) is 0 Å². The summed E-state index contributed by atoms with van der Waals surface area (Å²) < 4.78 is 12.0. The van der Waals surface area contributed by atoms with Crippen LogP contribution in [0.15, 0.2) is 12.1 Å². The summed E-state index contributed by atoms with van der Waals surface area (Å²) in [7, 11) is 0. The Morgan fingerprint density at radius 1 is 1.26 bits per heavy atom. The molecule has 3 nitrogen and oxygen atoms in total. The molecule has 0 saturated carbocycles. The molecule has 3 heteroatoms. The zero-order valence-corrected chi connectivity index (χ0v) is 15.6. The van der Waals surface area contributed by atoms with Gasteiger partial charge in [0.2, 0.25) is 0 Å². The lowest BCUT2D eigenvalue weighted by atomic mass is 9.72. The molecule has 128 valence electrons. The maximum Gasteiger partial charge on any atom is 0.311 e. The number of rotatable bonds is 4. The van der Waals surface area contributed by atoms with Crippen LogP contribution in [0.3, 0.4) is 0 Å². The molecule has 1 aromatic carbocycles. The summed E-state index contributed by atoms with van der Waals surface area (Å²) in [5.41, 5.74) is 1.87. The van der Waals surface area contributed by atoms with Crippen molar-refractivity contribution in [3.63, 3.8) is 0 Å². The van der Waals surface area contributed by atoms with Gasteiger partial charge in [-0.25, -0.2) is 0 Å². The zero-order valence-electron chi connectivity index (χ0n) is 15.6. The first-order valence-corrected chi connectivity index (χ1v) is 8.64. The van der Waals surface area contributed by atoms with Gasteiger partial charge in [0, 0.05) is 17.4 Å². The first kappa shape index (κ1) is 17.8. The average molecular weight is 318 g/mol. The van der Waals surface area contributed by atoms with E-state index in [1.807, 2.05) is 19.1 Å². The summed E-state index contributed by atoms with van der Waals surface area (Å²) in [5, 5.41) is 0. The molecular formula is C20H30O3. The molecule has 0 saturated heterocycles. The molecule has 1 heterocycles. The monoisotopic (exact) mass is 318 g/mol. The van der Waals surface area contributed by atoms with E-state index in [4.69, 9.17) is 9.47 Å². The number of esters is 1. The lowest BCUT2D eigenvalue weighted by molar-refractivity contribution is -0.134. The second-order valence-electron chi connectivity index (χ2n) is 8.16. The number of hydrogen-bond donors (Lipinski definition) is 0. The molecule has 1 aromatic rings. The van der Waals surface area contributed by atoms with Gasteiger partial charge in [-0.1, -0.05) is 40.7 Å². The number of benzene rings is 1. The lowest BCUT2D eigenvalue weighted by Gasteiger charge is -2.44. The van der Waals surface area contributed by atoms with Crippen molar-refractivity contribution >= 4 is 5.97 Å². The van der Waals surface area contributed by atoms with Crippen LogP contribution in [-0.4, -0.2) is 11.6 Å². The Bertz CT molecular complexity index is 597. The van der Waals surface area contributed by atoms with Crippen LogP contribution < -0.4 is 9.47 Å². The van der Waals surface area contributed by atoms with Crippen LogP contribution in [0.5, 0.6) is 11.5 Å². The second kappa shape index (κ2) is 6.18. The van der Waals surface area contributed by atoms with Gasteiger partial charge in [0.15, 0.2) is 0 Å². The van der Waals surface area contributed by atoms with Crippen LogP contribution in [0.2, 0.25) is 0 Å². The molecule has 0 atom stereocenters. The highest BCUT2D eigenvalue weighted by molar-refractivity contribution is 5.74. The topological polar surface area (TPSA) is 35.5 Å². The largest absolute Gasteiger partial charge is 0.487 e. The SMILES string of the molecule is CCCC(=O)Oc1ccc(C(C)C)c2c1C(C)(C)CC(C)(C)O2. The third-order valence-corrected chi connectivity index (χ3v) is 4.37. The van der Waals surface area contributed by atoms with Crippen LogP contribution in [0.4, 0.5) is 0 Å². The molecule has 1 aliphatic rings. The standard InChI is InChI=1S/C20H30O3/c1-8-9-16(21)22-15-11-10-14(13(2)3)18-17(15)19(4,5)12-20(6,7)23-18/h10-11,13H,8-9,12H2,1-7H3. The molecule has 0 unspecified atom stereocenters. The van der Waals surface area contributed by atoms with Crippen molar-refractivity contribution in [1.29, 1.82) is 0 Å². The first-order chi connectivity index (χ1) is 10.6. The predicted molar refractivity (Wildman–Crippen MR) is 93.4 cm³/mol. The van der Waals surface area contributed by atoms with E-state index in [2.05, 4.69) is 41.5 Å². The third-order valence-electron chi connectivity index (χ3n) is 4.37. The van der Waals surface area contributed by atoms with Gasteiger partial charge >= 0.3 is 5.97 Å². The van der Waals surface area contributed by atoms with Crippen LogP contribution in [0.1, 0.15) is 84.8 Å². The molecule has 0 amide bonds. The van der Waals surface area contributed by atoms with Gasteiger partial charge in [-0.3, -0.25) is 4.79 Å². The van der Waals surface area contributed by atoms with Crippen molar-refractivity contribution in [2.24, 2.45) is 0 Å². The summed E-state index contributed by atoms with van der Waals surface area (Å²) in [4.78, 5) is 12.0. The number of fused-ring (bicyclic) bond motifs is 1. The van der Waals surface area contributed by atoms with Gasteiger partial charge in [-0.15, -0.1) is 0 Å². The fraction of sp³-hybridized carbons (Fsp3) is 0.650. The fourth-order valence-corrected chi connectivity index (χ4v) is 3.71.